The Kier molecular flexibility index (Phi) is 6.06. The van der Waals surface area contributed by atoms with Crippen LogP contribution in [0.25, 0.3) is 0 Å². The van der Waals surface area contributed by atoms with Crippen LogP contribution < -0.4 is 5.32 Å². The number of rotatable bonds is 9. The molecule has 2 rings (SSSR count). The van der Waals surface area contributed by atoms with Gasteiger partial charge in [0.1, 0.15) is 0 Å². The van der Waals surface area contributed by atoms with Gasteiger partial charge < -0.3 is 10.1 Å². The molecule has 2 unspecified atom stereocenters. The molecule has 2 nitrogen and oxygen atoms in total. The Hall–Kier alpha value is -0.860. The molecule has 2 heteroatoms. The van der Waals surface area contributed by atoms with Crippen LogP contribution in [0.1, 0.15) is 57.2 Å². The summed E-state index contributed by atoms with van der Waals surface area (Å²) in [5.41, 5.74) is 2.81. The van der Waals surface area contributed by atoms with Crippen LogP contribution in [0.15, 0.2) is 24.3 Å². The van der Waals surface area contributed by atoms with E-state index in [4.69, 9.17) is 4.74 Å². The minimum absolute atomic E-state index is 0.332. The summed E-state index contributed by atoms with van der Waals surface area (Å²) in [7, 11) is 0. The largest absolute Gasteiger partial charge is 0.376 e. The van der Waals surface area contributed by atoms with Gasteiger partial charge in [-0.3, -0.25) is 0 Å². The first-order valence-corrected chi connectivity index (χ1v) is 8.23. The van der Waals surface area contributed by atoms with Crippen LogP contribution in [0.5, 0.6) is 0 Å². The first kappa shape index (κ1) is 15.5. The fourth-order valence-electron chi connectivity index (χ4n) is 2.85. The lowest BCUT2D eigenvalue weighted by Gasteiger charge is -2.29. The third-order valence-corrected chi connectivity index (χ3v) is 4.11. The number of ether oxygens (including phenoxy) is 1. The summed E-state index contributed by atoms with van der Waals surface area (Å²) in [6, 6.07) is 9.34. The molecule has 112 valence electrons. The van der Waals surface area contributed by atoms with Crippen molar-refractivity contribution < 1.29 is 4.74 Å². The van der Waals surface area contributed by atoms with E-state index in [9.17, 15) is 0 Å². The quantitative estimate of drug-likeness (QED) is 0.732. The van der Waals surface area contributed by atoms with Crippen molar-refractivity contribution in [2.75, 3.05) is 13.2 Å². The van der Waals surface area contributed by atoms with E-state index in [1.807, 2.05) is 0 Å². The minimum Gasteiger partial charge on any atom is -0.376 e. The predicted molar refractivity (Wildman–Crippen MR) is 85.0 cm³/mol. The Bertz CT molecular complexity index is 400. The van der Waals surface area contributed by atoms with Gasteiger partial charge in [0.15, 0.2) is 0 Å². The monoisotopic (exact) mass is 275 g/mol. The zero-order chi connectivity index (χ0) is 14.4. The van der Waals surface area contributed by atoms with Crippen LogP contribution >= 0.6 is 0 Å². The molecule has 0 saturated heterocycles. The maximum Gasteiger partial charge on any atom is 0.0797 e. The molecule has 1 aliphatic carbocycles. The van der Waals surface area contributed by atoms with Crippen molar-refractivity contribution in [1.29, 1.82) is 0 Å². The molecule has 1 saturated carbocycles. The van der Waals surface area contributed by atoms with Gasteiger partial charge in [0.25, 0.3) is 0 Å². The van der Waals surface area contributed by atoms with Crippen LogP contribution in [0.4, 0.5) is 0 Å². The Morgan fingerprint density at radius 3 is 2.65 bits per heavy atom. The van der Waals surface area contributed by atoms with Gasteiger partial charge in [-0.2, -0.15) is 0 Å². The maximum absolute atomic E-state index is 6.09. The average molecular weight is 275 g/mol. The fourth-order valence-corrected chi connectivity index (χ4v) is 2.85. The smallest absolute Gasteiger partial charge is 0.0797 e. The number of benzene rings is 1. The molecule has 1 fully saturated rings. The SMILES string of the molecule is CCCNC(c1cccc(CC)c1)C(OCC)C1CC1. The van der Waals surface area contributed by atoms with Gasteiger partial charge in [0.2, 0.25) is 0 Å². The van der Waals surface area contributed by atoms with E-state index in [0.29, 0.717) is 12.1 Å². The lowest BCUT2D eigenvalue weighted by Crippen LogP contribution is -2.36. The molecule has 2 atom stereocenters. The highest BCUT2D eigenvalue weighted by Crippen LogP contribution is 2.40. The molecule has 1 aliphatic rings. The summed E-state index contributed by atoms with van der Waals surface area (Å²) in [5.74, 6) is 0.745. The van der Waals surface area contributed by atoms with Crippen LogP contribution in [-0.4, -0.2) is 19.3 Å². The van der Waals surface area contributed by atoms with E-state index in [0.717, 1.165) is 31.9 Å². The molecule has 1 aromatic carbocycles. The minimum atomic E-state index is 0.332. The van der Waals surface area contributed by atoms with Crippen molar-refractivity contribution in [2.24, 2.45) is 5.92 Å². The van der Waals surface area contributed by atoms with E-state index in [2.05, 4.69) is 50.4 Å². The summed E-state index contributed by atoms with van der Waals surface area (Å²) in [5, 5.41) is 3.72. The van der Waals surface area contributed by atoms with Gasteiger partial charge in [-0.05, 0) is 56.2 Å². The Morgan fingerprint density at radius 2 is 2.05 bits per heavy atom. The standard InChI is InChI=1S/C18H29NO/c1-4-12-19-17(18(20-6-3)15-10-11-15)16-9-7-8-14(5-2)13-16/h7-9,13,15,17-19H,4-6,10-12H2,1-3H3. The molecular formula is C18H29NO. The van der Waals surface area contributed by atoms with Gasteiger partial charge in [0, 0.05) is 6.61 Å². The summed E-state index contributed by atoms with van der Waals surface area (Å²) < 4.78 is 6.09. The van der Waals surface area contributed by atoms with Crippen molar-refractivity contribution >= 4 is 0 Å². The van der Waals surface area contributed by atoms with Crippen LogP contribution in [0.2, 0.25) is 0 Å². The fraction of sp³-hybridized carbons (Fsp3) is 0.667. The molecular weight excluding hydrogens is 246 g/mol. The van der Waals surface area contributed by atoms with Crippen molar-refractivity contribution in [2.45, 2.75) is 58.6 Å². The molecule has 1 aromatic rings. The topological polar surface area (TPSA) is 21.3 Å². The maximum atomic E-state index is 6.09. The zero-order valence-corrected chi connectivity index (χ0v) is 13.2. The van der Waals surface area contributed by atoms with Crippen molar-refractivity contribution in [3.05, 3.63) is 35.4 Å². The van der Waals surface area contributed by atoms with Crippen LogP contribution in [0.3, 0.4) is 0 Å². The number of hydrogen-bond donors (Lipinski definition) is 1. The molecule has 0 amide bonds. The van der Waals surface area contributed by atoms with Gasteiger partial charge in [0.05, 0.1) is 12.1 Å². The van der Waals surface area contributed by atoms with Gasteiger partial charge in [-0.1, -0.05) is 38.1 Å². The van der Waals surface area contributed by atoms with Crippen LogP contribution in [0, 0.1) is 5.92 Å². The first-order valence-electron chi connectivity index (χ1n) is 8.23. The zero-order valence-electron chi connectivity index (χ0n) is 13.2. The third kappa shape index (κ3) is 4.07. The summed E-state index contributed by atoms with van der Waals surface area (Å²) >= 11 is 0. The summed E-state index contributed by atoms with van der Waals surface area (Å²) in [4.78, 5) is 0. The van der Waals surface area contributed by atoms with E-state index < -0.39 is 0 Å². The highest BCUT2D eigenvalue weighted by atomic mass is 16.5. The molecule has 0 aliphatic heterocycles. The normalized spacial score (nSPS) is 17.9. The molecule has 0 heterocycles. The van der Waals surface area contributed by atoms with Gasteiger partial charge in [-0.15, -0.1) is 0 Å². The second-order valence-electron chi connectivity index (χ2n) is 5.79. The number of aryl methyl sites for hydroxylation is 1. The second kappa shape index (κ2) is 7.80. The van der Waals surface area contributed by atoms with E-state index in [1.165, 1.54) is 24.0 Å². The molecule has 0 aromatic heterocycles. The lowest BCUT2D eigenvalue weighted by atomic mass is 9.95. The summed E-state index contributed by atoms with van der Waals surface area (Å²) in [6.45, 7) is 8.40. The molecule has 1 N–H and O–H groups in total. The number of nitrogens with one attached hydrogen (secondary N) is 1. The van der Waals surface area contributed by atoms with Gasteiger partial charge >= 0.3 is 0 Å². The van der Waals surface area contributed by atoms with E-state index in [-0.39, 0.29) is 0 Å². The number of hydrogen-bond acceptors (Lipinski definition) is 2. The molecule has 0 spiro atoms. The predicted octanol–water partition coefficient (Wildman–Crippen LogP) is 4.10. The van der Waals surface area contributed by atoms with Crippen LogP contribution in [-0.2, 0) is 11.2 Å². The van der Waals surface area contributed by atoms with Gasteiger partial charge in [-0.25, -0.2) is 0 Å². The second-order valence-corrected chi connectivity index (χ2v) is 5.79. The average Bonchev–Trinajstić information content (AvgIpc) is 3.31. The van der Waals surface area contributed by atoms with Crippen molar-refractivity contribution in [3.63, 3.8) is 0 Å². The van der Waals surface area contributed by atoms with Crippen molar-refractivity contribution in [1.82, 2.24) is 5.32 Å². The van der Waals surface area contributed by atoms with E-state index >= 15 is 0 Å². The van der Waals surface area contributed by atoms with Crippen molar-refractivity contribution in [3.8, 4) is 0 Å². The molecule has 0 bridgehead atoms. The Balaban J connectivity index is 2.19. The Morgan fingerprint density at radius 1 is 1.25 bits per heavy atom. The van der Waals surface area contributed by atoms with E-state index in [1.54, 1.807) is 0 Å². The highest BCUT2D eigenvalue weighted by molar-refractivity contribution is 5.27. The highest BCUT2D eigenvalue weighted by Gasteiger charge is 2.37. The Labute approximate surface area is 123 Å². The third-order valence-electron chi connectivity index (χ3n) is 4.11. The lowest BCUT2D eigenvalue weighted by molar-refractivity contribution is 0.0186. The first-order chi connectivity index (χ1) is 9.80. The molecule has 20 heavy (non-hydrogen) atoms. The summed E-state index contributed by atoms with van der Waals surface area (Å²) in [6.07, 6.45) is 5.23. The molecule has 0 radical (unpaired) electrons.